The molecule has 0 atom stereocenters. The summed E-state index contributed by atoms with van der Waals surface area (Å²) in [5, 5.41) is 0. The molecule has 0 saturated carbocycles. The van der Waals surface area contributed by atoms with Crippen LogP contribution in [0.2, 0.25) is 0 Å². The van der Waals surface area contributed by atoms with Crippen molar-refractivity contribution in [3.8, 4) is 0 Å². The van der Waals surface area contributed by atoms with Gasteiger partial charge in [-0.15, -0.1) is 0 Å². The Morgan fingerprint density at radius 1 is 1.19 bits per heavy atom. The zero-order chi connectivity index (χ0) is 19.1. The van der Waals surface area contributed by atoms with Crippen molar-refractivity contribution < 1.29 is 13.2 Å². The number of benzene rings is 2. The molecule has 2 aromatic carbocycles. The quantitative estimate of drug-likeness (QED) is 0.664. The summed E-state index contributed by atoms with van der Waals surface area (Å²) in [7, 11) is -3.86. The predicted molar refractivity (Wildman–Crippen MR) is 110 cm³/mol. The molecular formula is C18H18Br2N2O3S. The minimum atomic E-state index is -3.86. The lowest BCUT2D eigenvalue weighted by atomic mass is 10.2. The number of hydrogen-bond acceptors (Lipinski definition) is 3. The molecule has 1 N–H and O–H groups in total. The summed E-state index contributed by atoms with van der Waals surface area (Å²) in [4.78, 5) is 14.0. The lowest BCUT2D eigenvalue weighted by molar-refractivity contribution is -0.118. The maximum Gasteiger partial charge on any atom is 0.264 e. The fourth-order valence-electron chi connectivity index (χ4n) is 3.06. The second-order valence-electron chi connectivity index (χ2n) is 6.13. The van der Waals surface area contributed by atoms with Gasteiger partial charge in [-0.05, 0) is 54.8 Å². The predicted octanol–water partition coefficient (Wildman–Crippen LogP) is 4.62. The lowest BCUT2D eigenvalue weighted by Crippen LogP contribution is -2.29. The number of carbonyl (C=O) groups is 1. The van der Waals surface area contributed by atoms with Crippen LogP contribution in [-0.4, -0.2) is 20.9 Å². The number of anilines is 2. The molecule has 1 heterocycles. The smallest absolute Gasteiger partial charge is 0.264 e. The van der Waals surface area contributed by atoms with Crippen LogP contribution in [0.25, 0.3) is 0 Å². The third-order valence-electron chi connectivity index (χ3n) is 4.32. The van der Waals surface area contributed by atoms with E-state index in [9.17, 15) is 13.2 Å². The van der Waals surface area contributed by atoms with Crippen LogP contribution in [0, 0.1) is 6.92 Å². The average molecular weight is 502 g/mol. The summed E-state index contributed by atoms with van der Waals surface area (Å²) < 4.78 is 30.5. The highest BCUT2D eigenvalue weighted by Gasteiger charge is 2.32. The minimum absolute atomic E-state index is 0.0812. The van der Waals surface area contributed by atoms with E-state index in [2.05, 4.69) is 36.6 Å². The fraction of sp³-hybridized carbons (Fsp3) is 0.278. The molecule has 0 spiro atoms. The first-order valence-corrected chi connectivity index (χ1v) is 11.2. The minimum Gasteiger partial charge on any atom is -0.310 e. The fourth-order valence-corrected chi connectivity index (χ4v) is 5.59. The Labute approximate surface area is 170 Å². The Balaban J connectivity index is 2.09. The highest BCUT2D eigenvalue weighted by molar-refractivity contribution is 9.10. The Morgan fingerprint density at radius 3 is 2.58 bits per heavy atom. The van der Waals surface area contributed by atoms with E-state index in [0.717, 1.165) is 15.6 Å². The summed E-state index contributed by atoms with van der Waals surface area (Å²) >= 11 is 6.76. The second-order valence-corrected chi connectivity index (χ2v) is 9.61. The van der Waals surface area contributed by atoms with E-state index < -0.39 is 10.0 Å². The number of sulfonamides is 1. The molecule has 2 aromatic rings. The van der Waals surface area contributed by atoms with Gasteiger partial charge in [0.25, 0.3) is 10.0 Å². The van der Waals surface area contributed by atoms with Gasteiger partial charge in [-0.25, -0.2) is 8.42 Å². The number of nitrogens with one attached hydrogen (secondary N) is 1. The summed E-state index contributed by atoms with van der Waals surface area (Å²) in [5.41, 5.74) is 2.65. The monoisotopic (exact) mass is 500 g/mol. The van der Waals surface area contributed by atoms with Crippen LogP contribution < -0.4 is 9.62 Å². The Hall–Kier alpha value is -1.38. The van der Waals surface area contributed by atoms with Crippen molar-refractivity contribution in [2.45, 2.75) is 31.6 Å². The molecule has 0 fully saturated rings. The number of aryl methyl sites for hydroxylation is 1. The summed E-state index contributed by atoms with van der Waals surface area (Å²) in [6.07, 6.45) is 0.967. The zero-order valence-corrected chi connectivity index (χ0v) is 18.3. The van der Waals surface area contributed by atoms with E-state index >= 15 is 0 Å². The van der Waals surface area contributed by atoms with Gasteiger partial charge >= 0.3 is 0 Å². The Kier molecular flexibility index (Phi) is 5.46. The molecule has 26 heavy (non-hydrogen) atoms. The third kappa shape index (κ3) is 3.68. The van der Waals surface area contributed by atoms with Crippen molar-refractivity contribution in [3.63, 3.8) is 0 Å². The lowest BCUT2D eigenvalue weighted by Gasteiger charge is -2.21. The van der Waals surface area contributed by atoms with E-state index in [1.165, 1.54) is 0 Å². The van der Waals surface area contributed by atoms with E-state index in [-0.39, 0.29) is 10.8 Å². The zero-order valence-electron chi connectivity index (χ0n) is 14.3. The molecule has 8 heteroatoms. The summed E-state index contributed by atoms with van der Waals surface area (Å²) in [6, 6.07) is 8.77. The van der Waals surface area contributed by atoms with Crippen LogP contribution in [0.3, 0.4) is 0 Å². The van der Waals surface area contributed by atoms with Gasteiger partial charge in [-0.1, -0.05) is 38.8 Å². The molecule has 0 bridgehead atoms. The molecule has 0 unspecified atom stereocenters. The molecule has 1 aliphatic rings. The van der Waals surface area contributed by atoms with Crippen molar-refractivity contribution in [1.82, 2.24) is 0 Å². The highest BCUT2D eigenvalue weighted by atomic mass is 79.9. The number of fused-ring (bicyclic) bond motifs is 1. The van der Waals surface area contributed by atoms with Crippen molar-refractivity contribution in [1.29, 1.82) is 0 Å². The molecular weight excluding hydrogens is 484 g/mol. The van der Waals surface area contributed by atoms with Gasteiger partial charge in [0, 0.05) is 21.9 Å². The molecule has 3 rings (SSSR count). The second kappa shape index (κ2) is 7.32. The topological polar surface area (TPSA) is 66.5 Å². The molecule has 138 valence electrons. The maximum atomic E-state index is 13.1. The molecule has 0 aliphatic carbocycles. The first-order valence-electron chi connectivity index (χ1n) is 8.14. The van der Waals surface area contributed by atoms with Gasteiger partial charge in [0.1, 0.15) is 4.90 Å². The SMILES string of the molecule is CCC(=O)N1CCc2cc(Br)cc(S(=O)(=O)Nc3ccc(Br)cc3C)c21. The number of amides is 1. The molecule has 5 nitrogen and oxygen atoms in total. The van der Waals surface area contributed by atoms with Gasteiger partial charge in [0.2, 0.25) is 5.91 Å². The van der Waals surface area contributed by atoms with Gasteiger partial charge in [0.05, 0.1) is 11.4 Å². The molecule has 1 aliphatic heterocycles. The first-order chi connectivity index (χ1) is 12.2. The van der Waals surface area contributed by atoms with Gasteiger partial charge in [0.15, 0.2) is 0 Å². The normalized spacial score (nSPS) is 13.6. The van der Waals surface area contributed by atoms with Crippen LogP contribution in [-0.2, 0) is 21.2 Å². The van der Waals surface area contributed by atoms with E-state index in [1.54, 1.807) is 30.0 Å². The first kappa shape index (κ1) is 19.4. The van der Waals surface area contributed by atoms with Gasteiger partial charge in [-0.2, -0.15) is 0 Å². The van der Waals surface area contributed by atoms with Crippen LogP contribution in [0.15, 0.2) is 44.2 Å². The Bertz CT molecular complexity index is 990. The largest absolute Gasteiger partial charge is 0.310 e. The van der Waals surface area contributed by atoms with Crippen LogP contribution >= 0.6 is 31.9 Å². The molecule has 0 radical (unpaired) electrons. The van der Waals surface area contributed by atoms with Crippen LogP contribution in [0.4, 0.5) is 11.4 Å². The molecule has 0 aromatic heterocycles. The number of carbonyl (C=O) groups excluding carboxylic acids is 1. The summed E-state index contributed by atoms with van der Waals surface area (Å²) in [5.74, 6) is -0.0812. The molecule has 1 amide bonds. The number of nitrogens with zero attached hydrogens (tertiary/aromatic N) is 1. The number of rotatable bonds is 4. The average Bonchev–Trinajstić information content (AvgIpc) is 2.99. The number of halogens is 2. The van der Waals surface area contributed by atoms with E-state index in [4.69, 9.17) is 0 Å². The van der Waals surface area contributed by atoms with E-state index in [0.29, 0.717) is 35.2 Å². The van der Waals surface area contributed by atoms with Crippen molar-refractivity contribution >= 4 is 59.2 Å². The van der Waals surface area contributed by atoms with Gasteiger partial charge < -0.3 is 4.90 Å². The van der Waals surface area contributed by atoms with Crippen molar-refractivity contribution in [2.24, 2.45) is 0 Å². The Morgan fingerprint density at radius 2 is 1.92 bits per heavy atom. The standard InChI is InChI=1S/C18H18Br2N2O3S/c1-3-17(23)22-7-6-12-9-14(20)10-16(18(12)22)26(24,25)21-15-5-4-13(19)8-11(15)2/h4-5,8-10,21H,3,6-7H2,1-2H3. The summed E-state index contributed by atoms with van der Waals surface area (Å²) in [6.45, 7) is 4.11. The molecule has 0 saturated heterocycles. The third-order valence-corrected chi connectivity index (χ3v) is 6.65. The van der Waals surface area contributed by atoms with Crippen molar-refractivity contribution in [3.05, 3.63) is 50.4 Å². The number of hydrogen-bond donors (Lipinski definition) is 1. The van der Waals surface area contributed by atoms with Crippen molar-refractivity contribution in [2.75, 3.05) is 16.2 Å². The van der Waals surface area contributed by atoms with Crippen LogP contribution in [0.1, 0.15) is 24.5 Å². The maximum absolute atomic E-state index is 13.1. The van der Waals surface area contributed by atoms with Gasteiger partial charge in [-0.3, -0.25) is 9.52 Å². The van der Waals surface area contributed by atoms with E-state index in [1.807, 2.05) is 19.1 Å². The van der Waals surface area contributed by atoms with Crippen LogP contribution in [0.5, 0.6) is 0 Å². The highest BCUT2D eigenvalue weighted by Crippen LogP contribution is 2.38.